The Bertz CT molecular complexity index is 372. The summed E-state index contributed by atoms with van der Waals surface area (Å²) in [6.07, 6.45) is -1.19. The van der Waals surface area contributed by atoms with Gasteiger partial charge in [-0.05, 0) is 33.4 Å². The number of allylic oxidation sites excluding steroid dienone is 2. The zero-order chi connectivity index (χ0) is 12.1. The van der Waals surface area contributed by atoms with Crippen LogP contribution in [0.4, 0.5) is 13.2 Å². The molecule has 5 heteroatoms. The molecule has 0 N–H and O–H groups in total. The Labute approximate surface area is 97.4 Å². The largest absolute Gasteiger partial charge is 0.416 e. The van der Waals surface area contributed by atoms with Crippen LogP contribution in [0.15, 0.2) is 22.6 Å². The molecule has 2 unspecified atom stereocenters. The van der Waals surface area contributed by atoms with Crippen LogP contribution in [0.3, 0.4) is 0 Å². The van der Waals surface area contributed by atoms with Gasteiger partial charge in [0.25, 0.3) is 0 Å². The molecule has 0 spiro atoms. The standard InChI is InChI=1S/C11H14F3NS/c1-7-15(3)10(2)5-4-8(11(12,13)14)6-9(10)16-7/h4,6-7H,5H2,1-3H3. The third-order valence-corrected chi connectivity index (χ3v) is 4.95. The minimum absolute atomic E-state index is 0.234. The zero-order valence-corrected chi connectivity index (χ0v) is 10.2. The van der Waals surface area contributed by atoms with Gasteiger partial charge in [-0.25, -0.2) is 0 Å². The molecule has 2 aliphatic rings. The second-order valence-corrected chi connectivity index (χ2v) is 5.83. The van der Waals surface area contributed by atoms with Crippen molar-refractivity contribution in [3.8, 4) is 0 Å². The highest BCUT2D eigenvalue weighted by Gasteiger charge is 2.46. The van der Waals surface area contributed by atoms with E-state index in [-0.39, 0.29) is 10.9 Å². The maximum absolute atomic E-state index is 12.6. The van der Waals surface area contributed by atoms with E-state index in [1.54, 1.807) is 0 Å². The predicted octanol–water partition coefficient (Wildman–Crippen LogP) is 3.55. The van der Waals surface area contributed by atoms with Crippen LogP contribution >= 0.6 is 11.8 Å². The number of thioether (sulfide) groups is 1. The Kier molecular flexibility index (Phi) is 2.66. The lowest BCUT2D eigenvalue weighted by atomic mass is 9.88. The number of alkyl halides is 3. The van der Waals surface area contributed by atoms with Crippen LogP contribution in [0.2, 0.25) is 0 Å². The van der Waals surface area contributed by atoms with E-state index in [0.29, 0.717) is 6.42 Å². The second-order valence-electron chi connectivity index (χ2n) is 4.47. The molecule has 1 aliphatic heterocycles. The van der Waals surface area contributed by atoms with E-state index in [0.717, 1.165) is 4.91 Å². The highest BCUT2D eigenvalue weighted by atomic mass is 32.2. The number of hydrogen-bond donors (Lipinski definition) is 0. The van der Waals surface area contributed by atoms with Crippen LogP contribution in [0.25, 0.3) is 0 Å². The fraction of sp³-hybridized carbons (Fsp3) is 0.636. The predicted molar refractivity (Wildman–Crippen MR) is 60.1 cm³/mol. The first kappa shape index (κ1) is 12.0. The van der Waals surface area contributed by atoms with Crippen molar-refractivity contribution in [2.24, 2.45) is 0 Å². The molecule has 90 valence electrons. The Hall–Kier alpha value is -0.420. The van der Waals surface area contributed by atoms with Gasteiger partial charge in [-0.1, -0.05) is 6.08 Å². The summed E-state index contributed by atoms with van der Waals surface area (Å²) in [7, 11) is 1.96. The average molecular weight is 249 g/mol. The van der Waals surface area contributed by atoms with Crippen molar-refractivity contribution < 1.29 is 13.2 Å². The fourth-order valence-corrected chi connectivity index (χ4v) is 3.54. The molecule has 2 atom stereocenters. The Balaban J connectivity index is 2.34. The Morgan fingerprint density at radius 1 is 1.50 bits per heavy atom. The van der Waals surface area contributed by atoms with Crippen LogP contribution in [-0.4, -0.2) is 29.0 Å². The van der Waals surface area contributed by atoms with Crippen molar-refractivity contribution in [3.05, 3.63) is 22.6 Å². The molecule has 0 amide bonds. The molecule has 1 heterocycles. The van der Waals surface area contributed by atoms with E-state index in [9.17, 15) is 13.2 Å². The van der Waals surface area contributed by atoms with Gasteiger partial charge >= 0.3 is 6.18 Å². The van der Waals surface area contributed by atoms with E-state index >= 15 is 0 Å². The van der Waals surface area contributed by atoms with E-state index < -0.39 is 11.7 Å². The summed E-state index contributed by atoms with van der Waals surface area (Å²) in [5.41, 5.74) is -0.756. The molecule has 0 aromatic carbocycles. The fourth-order valence-electron chi connectivity index (χ4n) is 2.11. The minimum Gasteiger partial charge on any atom is -0.284 e. The van der Waals surface area contributed by atoms with Crippen molar-refractivity contribution in [3.63, 3.8) is 0 Å². The molecule has 0 bridgehead atoms. The molecule has 0 aromatic heterocycles. The quantitative estimate of drug-likeness (QED) is 0.646. The van der Waals surface area contributed by atoms with E-state index in [2.05, 4.69) is 4.90 Å². The van der Waals surface area contributed by atoms with Crippen molar-refractivity contribution in [2.45, 2.75) is 37.4 Å². The third kappa shape index (κ3) is 1.70. The Morgan fingerprint density at radius 2 is 2.12 bits per heavy atom. The normalized spacial score (nSPS) is 35.8. The van der Waals surface area contributed by atoms with Gasteiger partial charge in [0, 0.05) is 4.91 Å². The summed E-state index contributed by atoms with van der Waals surface area (Å²) in [4.78, 5) is 2.96. The molecular weight excluding hydrogens is 235 g/mol. The van der Waals surface area contributed by atoms with E-state index in [4.69, 9.17) is 0 Å². The maximum atomic E-state index is 12.6. The topological polar surface area (TPSA) is 3.24 Å². The molecule has 1 saturated heterocycles. The van der Waals surface area contributed by atoms with Crippen molar-refractivity contribution in [1.29, 1.82) is 0 Å². The van der Waals surface area contributed by atoms with Crippen molar-refractivity contribution >= 4 is 11.8 Å². The van der Waals surface area contributed by atoms with Gasteiger partial charge < -0.3 is 0 Å². The molecule has 16 heavy (non-hydrogen) atoms. The number of likely N-dealkylation sites (N-methyl/N-ethyl adjacent to an activating group) is 1. The van der Waals surface area contributed by atoms with Crippen LogP contribution in [0.5, 0.6) is 0 Å². The lowest BCUT2D eigenvalue weighted by molar-refractivity contribution is -0.0889. The minimum atomic E-state index is -4.22. The first-order valence-corrected chi connectivity index (χ1v) is 6.02. The zero-order valence-electron chi connectivity index (χ0n) is 9.43. The number of halogens is 3. The summed E-state index contributed by atoms with van der Waals surface area (Å²) in [5, 5.41) is 0.234. The molecule has 1 fully saturated rings. The van der Waals surface area contributed by atoms with Gasteiger partial charge in [0.15, 0.2) is 0 Å². The number of fused-ring (bicyclic) bond motifs is 1. The van der Waals surface area contributed by atoms with Gasteiger partial charge in [-0.2, -0.15) is 13.2 Å². The Morgan fingerprint density at radius 3 is 2.69 bits per heavy atom. The van der Waals surface area contributed by atoms with Gasteiger partial charge in [0.1, 0.15) is 0 Å². The molecule has 0 radical (unpaired) electrons. The van der Waals surface area contributed by atoms with Crippen molar-refractivity contribution in [1.82, 2.24) is 4.90 Å². The average Bonchev–Trinajstić information content (AvgIpc) is 2.38. The number of hydrogen-bond acceptors (Lipinski definition) is 2. The summed E-state index contributed by atoms with van der Waals surface area (Å²) in [5.74, 6) is 0. The lowest BCUT2D eigenvalue weighted by Gasteiger charge is -2.35. The molecule has 1 aliphatic carbocycles. The van der Waals surface area contributed by atoms with Gasteiger partial charge in [0.05, 0.1) is 16.5 Å². The molecule has 2 rings (SSSR count). The molecule has 0 saturated carbocycles. The van der Waals surface area contributed by atoms with Gasteiger partial charge in [0.2, 0.25) is 0 Å². The van der Waals surface area contributed by atoms with Gasteiger partial charge in [-0.15, -0.1) is 11.8 Å². The van der Waals surface area contributed by atoms with Crippen LogP contribution < -0.4 is 0 Å². The summed E-state index contributed by atoms with van der Waals surface area (Å²) in [6, 6.07) is 0. The van der Waals surface area contributed by atoms with Gasteiger partial charge in [-0.3, -0.25) is 4.90 Å². The number of nitrogens with zero attached hydrogens (tertiary/aromatic N) is 1. The van der Waals surface area contributed by atoms with Crippen LogP contribution in [0.1, 0.15) is 20.3 Å². The van der Waals surface area contributed by atoms with Crippen LogP contribution in [0, 0.1) is 0 Å². The van der Waals surface area contributed by atoms with Crippen LogP contribution in [-0.2, 0) is 0 Å². The highest BCUT2D eigenvalue weighted by Crippen LogP contribution is 2.50. The molecule has 1 nitrogen and oxygen atoms in total. The lowest BCUT2D eigenvalue weighted by Crippen LogP contribution is -2.42. The smallest absolute Gasteiger partial charge is 0.284 e. The first-order chi connectivity index (χ1) is 7.25. The van der Waals surface area contributed by atoms with E-state index in [1.807, 2.05) is 20.9 Å². The monoisotopic (exact) mass is 249 g/mol. The highest BCUT2D eigenvalue weighted by molar-refractivity contribution is 8.04. The number of rotatable bonds is 0. The summed E-state index contributed by atoms with van der Waals surface area (Å²) in [6.45, 7) is 4.02. The van der Waals surface area contributed by atoms with E-state index in [1.165, 1.54) is 23.9 Å². The molecule has 0 aromatic rings. The third-order valence-electron chi connectivity index (χ3n) is 3.49. The maximum Gasteiger partial charge on any atom is 0.416 e. The SMILES string of the molecule is CC1SC2=CC(C(F)(F)F)=CCC2(C)N1C. The first-order valence-electron chi connectivity index (χ1n) is 5.14. The molecular formula is C11H14F3NS. The van der Waals surface area contributed by atoms with Crippen molar-refractivity contribution in [2.75, 3.05) is 7.05 Å². The second kappa shape index (κ2) is 3.53. The summed E-state index contributed by atoms with van der Waals surface area (Å²) >= 11 is 1.52. The summed E-state index contributed by atoms with van der Waals surface area (Å²) < 4.78 is 37.7.